The fraction of sp³-hybridized carbons (Fsp3) is 0.294. The first-order valence-electron chi connectivity index (χ1n) is 7.44. The molecule has 0 aromatic heterocycles. The first kappa shape index (κ1) is 14.9. The number of rotatable bonds is 5. The van der Waals surface area contributed by atoms with Gasteiger partial charge in [-0.2, -0.15) is 0 Å². The van der Waals surface area contributed by atoms with E-state index in [0.717, 1.165) is 11.1 Å². The molecule has 5 heteroatoms. The molecule has 0 spiro atoms. The Kier molecular flexibility index (Phi) is 4.36. The van der Waals surface area contributed by atoms with Gasteiger partial charge in [0.05, 0.1) is 12.7 Å². The number of fused-ring (bicyclic) bond motifs is 1. The van der Waals surface area contributed by atoms with E-state index in [2.05, 4.69) is 0 Å². The number of benzene rings is 2. The summed E-state index contributed by atoms with van der Waals surface area (Å²) in [6, 6.07) is 13.7. The van der Waals surface area contributed by atoms with Crippen LogP contribution in [-0.2, 0) is 17.9 Å². The summed E-state index contributed by atoms with van der Waals surface area (Å²) in [6.45, 7) is 4.74. The zero-order valence-electron chi connectivity index (χ0n) is 12.8. The minimum atomic E-state index is -0.955. The van der Waals surface area contributed by atoms with Gasteiger partial charge in [-0.25, -0.2) is 0 Å². The molecule has 1 N–H and O–H groups in total. The van der Waals surface area contributed by atoms with Gasteiger partial charge < -0.3 is 19.2 Å². The normalized spacial score (nSPS) is 13.4. The maximum Gasteiger partial charge on any atom is 0.495 e. The van der Waals surface area contributed by atoms with Gasteiger partial charge >= 0.3 is 7.12 Å². The first-order chi connectivity index (χ1) is 10.6. The fourth-order valence-corrected chi connectivity index (χ4v) is 2.48. The molecule has 0 fully saturated rings. The molecule has 0 radical (unpaired) electrons. The Bertz CT molecular complexity index is 643. The molecule has 0 bridgehead atoms. The summed E-state index contributed by atoms with van der Waals surface area (Å²) in [6.07, 6.45) is -0.0154. The molecule has 2 aromatic rings. The predicted molar refractivity (Wildman–Crippen MR) is 85.4 cm³/mol. The van der Waals surface area contributed by atoms with E-state index in [9.17, 15) is 5.02 Å². The molecule has 22 heavy (non-hydrogen) atoms. The van der Waals surface area contributed by atoms with Gasteiger partial charge in [-0.1, -0.05) is 36.4 Å². The highest BCUT2D eigenvalue weighted by Gasteiger charge is 2.33. The van der Waals surface area contributed by atoms with Crippen LogP contribution in [0.25, 0.3) is 0 Å². The van der Waals surface area contributed by atoms with Gasteiger partial charge in [-0.15, -0.1) is 0 Å². The van der Waals surface area contributed by atoms with E-state index in [1.165, 1.54) is 0 Å². The van der Waals surface area contributed by atoms with Crippen molar-refractivity contribution in [3.8, 4) is 11.5 Å². The average Bonchev–Trinajstić information content (AvgIpc) is 2.89. The van der Waals surface area contributed by atoms with Crippen LogP contribution < -0.4 is 14.9 Å². The molecular formula is C17H19BO4. The van der Waals surface area contributed by atoms with Crippen molar-refractivity contribution < 1.29 is 19.2 Å². The van der Waals surface area contributed by atoms with E-state index in [0.29, 0.717) is 30.2 Å². The number of hydrogen-bond donors (Lipinski definition) is 1. The van der Waals surface area contributed by atoms with Crippen molar-refractivity contribution in [2.45, 2.75) is 33.2 Å². The summed E-state index contributed by atoms with van der Waals surface area (Å²) in [4.78, 5) is 0. The summed E-state index contributed by atoms with van der Waals surface area (Å²) < 4.78 is 17.1. The smallest absolute Gasteiger partial charge is 0.487 e. The Balaban J connectivity index is 1.88. The molecule has 0 saturated heterocycles. The lowest BCUT2D eigenvalue weighted by molar-refractivity contribution is 0.219. The molecule has 0 saturated carbocycles. The van der Waals surface area contributed by atoms with E-state index < -0.39 is 7.12 Å². The third-order valence-electron chi connectivity index (χ3n) is 3.48. The molecule has 4 nitrogen and oxygen atoms in total. The molecule has 1 heterocycles. The van der Waals surface area contributed by atoms with E-state index in [-0.39, 0.29) is 6.10 Å². The van der Waals surface area contributed by atoms with Crippen LogP contribution in [0.5, 0.6) is 11.5 Å². The summed E-state index contributed by atoms with van der Waals surface area (Å²) in [5.74, 6) is 1.20. The Hall–Kier alpha value is -1.98. The van der Waals surface area contributed by atoms with E-state index in [1.807, 2.05) is 56.3 Å². The van der Waals surface area contributed by atoms with Crippen molar-refractivity contribution in [2.75, 3.05) is 0 Å². The van der Waals surface area contributed by atoms with Gasteiger partial charge in [0.15, 0.2) is 11.5 Å². The summed E-state index contributed by atoms with van der Waals surface area (Å²) in [5, 5.41) is 10.0. The second-order valence-electron chi connectivity index (χ2n) is 5.57. The van der Waals surface area contributed by atoms with Gasteiger partial charge in [0.1, 0.15) is 6.61 Å². The zero-order valence-corrected chi connectivity index (χ0v) is 12.8. The van der Waals surface area contributed by atoms with Crippen molar-refractivity contribution >= 4 is 12.6 Å². The van der Waals surface area contributed by atoms with Crippen LogP contribution in [0, 0.1) is 0 Å². The van der Waals surface area contributed by atoms with Crippen molar-refractivity contribution in [1.82, 2.24) is 0 Å². The quantitative estimate of drug-likeness (QED) is 0.860. The average molecular weight is 298 g/mol. The third kappa shape index (κ3) is 3.10. The van der Waals surface area contributed by atoms with Crippen molar-refractivity contribution in [1.29, 1.82) is 0 Å². The molecule has 0 amide bonds. The first-order valence-corrected chi connectivity index (χ1v) is 7.44. The molecule has 0 aliphatic carbocycles. The Morgan fingerprint density at radius 3 is 2.68 bits per heavy atom. The van der Waals surface area contributed by atoms with E-state index >= 15 is 0 Å². The van der Waals surface area contributed by atoms with Gasteiger partial charge in [0, 0.05) is 5.46 Å². The predicted octanol–water partition coefficient (Wildman–Crippen LogP) is 2.27. The molecule has 114 valence electrons. The second kappa shape index (κ2) is 6.42. The minimum absolute atomic E-state index is 0.0154. The molecule has 1 aliphatic rings. The van der Waals surface area contributed by atoms with Crippen LogP contribution in [-0.4, -0.2) is 18.2 Å². The van der Waals surface area contributed by atoms with Crippen LogP contribution in [0.2, 0.25) is 0 Å². The highest BCUT2D eigenvalue weighted by atomic mass is 16.5. The second-order valence-corrected chi connectivity index (χ2v) is 5.57. The highest BCUT2D eigenvalue weighted by Crippen LogP contribution is 2.31. The lowest BCUT2D eigenvalue weighted by Gasteiger charge is -2.18. The monoisotopic (exact) mass is 298 g/mol. The largest absolute Gasteiger partial charge is 0.495 e. The minimum Gasteiger partial charge on any atom is -0.487 e. The summed E-state index contributed by atoms with van der Waals surface area (Å²) in [5.41, 5.74) is 2.70. The van der Waals surface area contributed by atoms with Crippen LogP contribution in [0.3, 0.4) is 0 Å². The lowest BCUT2D eigenvalue weighted by atomic mass is 9.78. The Morgan fingerprint density at radius 2 is 1.95 bits per heavy atom. The van der Waals surface area contributed by atoms with Crippen LogP contribution >= 0.6 is 0 Å². The number of ether oxygens (including phenoxy) is 2. The Labute approximate surface area is 130 Å². The van der Waals surface area contributed by atoms with Crippen molar-refractivity contribution in [3.05, 3.63) is 53.6 Å². The SMILES string of the molecule is CC(C)Oc1c(OCc2ccccc2)ccc2c1B(O)OC2. The van der Waals surface area contributed by atoms with Gasteiger partial charge in [-0.3, -0.25) is 0 Å². The molecule has 0 unspecified atom stereocenters. The van der Waals surface area contributed by atoms with E-state index in [4.69, 9.17) is 14.1 Å². The molecule has 2 aromatic carbocycles. The van der Waals surface area contributed by atoms with Gasteiger partial charge in [-0.05, 0) is 31.0 Å². The van der Waals surface area contributed by atoms with Gasteiger partial charge in [0.2, 0.25) is 0 Å². The van der Waals surface area contributed by atoms with Gasteiger partial charge in [0.25, 0.3) is 0 Å². The maximum absolute atomic E-state index is 10.0. The standard InChI is InChI=1S/C17H19BO4/c1-12(2)22-17-15(20-10-13-6-4-3-5-7-13)9-8-14-11-21-18(19)16(14)17/h3-9,12,19H,10-11H2,1-2H3. The maximum atomic E-state index is 10.0. The zero-order chi connectivity index (χ0) is 15.5. The topological polar surface area (TPSA) is 47.9 Å². The lowest BCUT2D eigenvalue weighted by Crippen LogP contribution is -2.31. The number of hydrogen-bond acceptors (Lipinski definition) is 4. The molecule has 1 aliphatic heterocycles. The molecule has 3 rings (SSSR count). The van der Waals surface area contributed by atoms with Crippen LogP contribution in [0.4, 0.5) is 0 Å². The van der Waals surface area contributed by atoms with Crippen LogP contribution in [0.15, 0.2) is 42.5 Å². The van der Waals surface area contributed by atoms with E-state index in [1.54, 1.807) is 0 Å². The molecular weight excluding hydrogens is 279 g/mol. The Morgan fingerprint density at radius 1 is 1.18 bits per heavy atom. The fourth-order valence-electron chi connectivity index (χ4n) is 2.48. The third-order valence-corrected chi connectivity index (χ3v) is 3.48. The molecule has 0 atom stereocenters. The van der Waals surface area contributed by atoms with Crippen molar-refractivity contribution in [2.24, 2.45) is 0 Å². The summed E-state index contributed by atoms with van der Waals surface area (Å²) in [7, 11) is -0.955. The highest BCUT2D eigenvalue weighted by molar-refractivity contribution is 6.62. The summed E-state index contributed by atoms with van der Waals surface area (Å²) >= 11 is 0. The van der Waals surface area contributed by atoms with Crippen LogP contribution in [0.1, 0.15) is 25.0 Å². The van der Waals surface area contributed by atoms with Crippen molar-refractivity contribution in [3.63, 3.8) is 0 Å².